The highest BCUT2D eigenvalue weighted by atomic mass is 16.5. The molecule has 2 heterocycles. The number of hydrogen-bond acceptors (Lipinski definition) is 4. The molecule has 3 aromatic rings. The molecule has 1 aromatic heterocycles. The Morgan fingerprint density at radius 1 is 1.12 bits per heavy atom. The molecule has 0 saturated heterocycles. The fourth-order valence-electron chi connectivity index (χ4n) is 5.62. The first-order chi connectivity index (χ1) is 16.0. The zero-order valence-electron chi connectivity index (χ0n) is 19.0. The number of hydrogen-bond donors (Lipinski definition) is 1. The van der Waals surface area contributed by atoms with Crippen molar-refractivity contribution in [3.05, 3.63) is 59.4 Å². The largest absolute Gasteiger partial charge is 0.469 e. The molecule has 1 fully saturated rings. The fraction of sp³-hybridized carbons (Fsp3) is 0.423. The normalized spacial score (nSPS) is 22.4. The zero-order chi connectivity index (χ0) is 23.1. The number of anilines is 1. The van der Waals surface area contributed by atoms with Gasteiger partial charge in [0.05, 0.1) is 29.7 Å². The zero-order valence-corrected chi connectivity index (χ0v) is 19.0. The quantitative estimate of drug-likeness (QED) is 0.572. The molecule has 33 heavy (non-hydrogen) atoms. The minimum Gasteiger partial charge on any atom is -0.469 e. The Bertz CT molecular complexity index is 1200. The highest BCUT2D eigenvalue weighted by Gasteiger charge is 2.35. The van der Waals surface area contributed by atoms with E-state index < -0.39 is 6.09 Å². The van der Waals surface area contributed by atoms with Gasteiger partial charge in [0.2, 0.25) is 0 Å². The van der Waals surface area contributed by atoms with Crippen LogP contribution in [0, 0.1) is 5.92 Å². The standard InChI is InChI=1S/C26H29N3O4/c1-16-8-11-20-21(28(16)26(31)32)12-13-22-24(20)27-23(14-17-6-4-3-5-7-17)29(22)19-10-9-18(15-19)25(30)33-2/h3-7,12-13,16,18-19H,8-11,14-15H2,1-2H3,(H,31,32)/t16-,18?,19?/m0/s1. The van der Waals surface area contributed by atoms with Crippen LogP contribution in [0.2, 0.25) is 0 Å². The molecule has 2 aliphatic rings. The number of ether oxygens (including phenoxy) is 1. The Morgan fingerprint density at radius 2 is 1.91 bits per heavy atom. The predicted octanol–water partition coefficient (Wildman–Crippen LogP) is 4.96. The van der Waals surface area contributed by atoms with Crippen LogP contribution in [-0.2, 0) is 22.4 Å². The molecule has 1 aliphatic carbocycles. The number of carboxylic acid groups (broad SMARTS) is 1. The Balaban J connectivity index is 1.63. The number of benzene rings is 2. The van der Waals surface area contributed by atoms with Crippen LogP contribution in [0.4, 0.5) is 10.5 Å². The molecule has 3 atom stereocenters. The van der Waals surface area contributed by atoms with E-state index in [1.165, 1.54) is 17.6 Å². The van der Waals surface area contributed by atoms with E-state index in [2.05, 4.69) is 16.7 Å². The molecule has 1 N–H and O–H groups in total. The number of aryl methyl sites for hydroxylation is 1. The summed E-state index contributed by atoms with van der Waals surface area (Å²) in [6.45, 7) is 1.95. The first-order valence-electron chi connectivity index (χ1n) is 11.6. The molecular formula is C26H29N3O4. The summed E-state index contributed by atoms with van der Waals surface area (Å²) in [6, 6.07) is 14.3. The average molecular weight is 448 g/mol. The van der Waals surface area contributed by atoms with Crippen molar-refractivity contribution in [3.63, 3.8) is 0 Å². The monoisotopic (exact) mass is 447 g/mol. The van der Waals surface area contributed by atoms with E-state index in [0.29, 0.717) is 6.42 Å². The molecule has 0 bridgehead atoms. The van der Waals surface area contributed by atoms with Gasteiger partial charge in [-0.15, -0.1) is 0 Å². The van der Waals surface area contributed by atoms with Crippen LogP contribution in [0.5, 0.6) is 0 Å². The van der Waals surface area contributed by atoms with Crippen molar-refractivity contribution in [2.24, 2.45) is 5.92 Å². The van der Waals surface area contributed by atoms with Gasteiger partial charge in [0.1, 0.15) is 5.82 Å². The van der Waals surface area contributed by atoms with Gasteiger partial charge in [0.25, 0.3) is 0 Å². The van der Waals surface area contributed by atoms with Gasteiger partial charge in [-0.3, -0.25) is 9.69 Å². The Hall–Kier alpha value is -3.35. The van der Waals surface area contributed by atoms with E-state index in [4.69, 9.17) is 9.72 Å². The lowest BCUT2D eigenvalue weighted by molar-refractivity contribution is -0.145. The van der Waals surface area contributed by atoms with Crippen molar-refractivity contribution in [1.82, 2.24) is 9.55 Å². The minimum absolute atomic E-state index is 0.0611. The van der Waals surface area contributed by atoms with Gasteiger partial charge in [-0.2, -0.15) is 0 Å². The highest BCUT2D eigenvalue weighted by Crippen LogP contribution is 2.41. The average Bonchev–Trinajstić information content (AvgIpc) is 3.43. The lowest BCUT2D eigenvalue weighted by Crippen LogP contribution is -2.41. The van der Waals surface area contributed by atoms with Crippen LogP contribution in [0.1, 0.15) is 55.6 Å². The number of esters is 1. The first-order valence-corrected chi connectivity index (χ1v) is 11.6. The second-order valence-corrected chi connectivity index (χ2v) is 9.22. The molecule has 0 spiro atoms. The van der Waals surface area contributed by atoms with Gasteiger partial charge in [-0.05, 0) is 56.7 Å². The third kappa shape index (κ3) is 3.75. The van der Waals surface area contributed by atoms with Crippen LogP contribution in [0.25, 0.3) is 11.0 Å². The molecule has 7 heteroatoms. The maximum absolute atomic E-state index is 12.2. The van der Waals surface area contributed by atoms with Gasteiger partial charge in [0, 0.05) is 24.1 Å². The summed E-state index contributed by atoms with van der Waals surface area (Å²) >= 11 is 0. The topological polar surface area (TPSA) is 84.7 Å². The summed E-state index contributed by atoms with van der Waals surface area (Å²) in [5, 5.41) is 9.82. The summed E-state index contributed by atoms with van der Waals surface area (Å²) < 4.78 is 7.31. The van der Waals surface area contributed by atoms with Crippen molar-refractivity contribution < 1.29 is 19.4 Å². The van der Waals surface area contributed by atoms with Gasteiger partial charge in [0.15, 0.2) is 0 Å². The number of carbonyl (C=O) groups excluding carboxylic acids is 1. The summed E-state index contributed by atoms with van der Waals surface area (Å²) in [7, 11) is 1.45. The van der Waals surface area contributed by atoms with E-state index in [0.717, 1.165) is 60.2 Å². The maximum Gasteiger partial charge on any atom is 0.412 e. The van der Waals surface area contributed by atoms with Crippen LogP contribution < -0.4 is 4.90 Å². The van der Waals surface area contributed by atoms with Crippen molar-refractivity contribution >= 4 is 28.8 Å². The fourth-order valence-corrected chi connectivity index (χ4v) is 5.62. The third-order valence-corrected chi connectivity index (χ3v) is 7.24. The lowest BCUT2D eigenvalue weighted by atomic mass is 9.95. The molecule has 0 radical (unpaired) electrons. The Morgan fingerprint density at radius 3 is 2.64 bits per heavy atom. The van der Waals surface area contributed by atoms with Gasteiger partial charge < -0.3 is 14.4 Å². The number of carbonyl (C=O) groups is 2. The van der Waals surface area contributed by atoms with Gasteiger partial charge in [-0.1, -0.05) is 30.3 Å². The van der Waals surface area contributed by atoms with E-state index in [1.807, 2.05) is 37.3 Å². The predicted molar refractivity (Wildman–Crippen MR) is 126 cm³/mol. The lowest BCUT2D eigenvalue weighted by Gasteiger charge is -2.33. The number of nitrogens with zero attached hydrogens (tertiary/aromatic N) is 3. The van der Waals surface area contributed by atoms with Crippen molar-refractivity contribution in [2.45, 2.75) is 57.5 Å². The molecule has 5 rings (SSSR count). The molecule has 2 aromatic carbocycles. The number of imidazole rings is 1. The molecule has 7 nitrogen and oxygen atoms in total. The highest BCUT2D eigenvalue weighted by molar-refractivity contribution is 5.94. The van der Waals surface area contributed by atoms with E-state index in [1.54, 1.807) is 0 Å². The van der Waals surface area contributed by atoms with Crippen molar-refractivity contribution in [2.75, 3.05) is 12.0 Å². The van der Waals surface area contributed by atoms with Gasteiger partial charge in [-0.25, -0.2) is 9.78 Å². The first kappa shape index (κ1) is 21.5. The second kappa shape index (κ2) is 8.54. The smallest absolute Gasteiger partial charge is 0.412 e. The van der Waals surface area contributed by atoms with Crippen molar-refractivity contribution in [1.29, 1.82) is 0 Å². The molecule has 2 unspecified atom stereocenters. The van der Waals surface area contributed by atoms with Gasteiger partial charge >= 0.3 is 12.1 Å². The van der Waals surface area contributed by atoms with Crippen LogP contribution in [-0.4, -0.2) is 39.9 Å². The minimum atomic E-state index is -0.927. The van der Waals surface area contributed by atoms with Crippen LogP contribution >= 0.6 is 0 Å². The number of amides is 1. The van der Waals surface area contributed by atoms with E-state index in [-0.39, 0.29) is 24.0 Å². The number of rotatable bonds is 4. The maximum atomic E-state index is 12.2. The second-order valence-electron chi connectivity index (χ2n) is 9.22. The Labute approximate surface area is 193 Å². The third-order valence-electron chi connectivity index (χ3n) is 7.24. The molecule has 1 saturated carbocycles. The summed E-state index contributed by atoms with van der Waals surface area (Å²) in [5.74, 6) is 0.721. The Kier molecular flexibility index (Phi) is 5.56. The number of aromatic nitrogens is 2. The molecular weight excluding hydrogens is 418 g/mol. The van der Waals surface area contributed by atoms with Crippen molar-refractivity contribution in [3.8, 4) is 0 Å². The van der Waals surface area contributed by atoms with Crippen LogP contribution in [0.15, 0.2) is 42.5 Å². The van der Waals surface area contributed by atoms with Crippen LogP contribution in [0.3, 0.4) is 0 Å². The molecule has 1 amide bonds. The number of methoxy groups -OCH3 is 1. The SMILES string of the molecule is COC(=O)C1CCC(n2c(Cc3ccccc3)nc3c4c(ccc32)N(C(=O)O)[C@@H](C)CC4)C1. The summed E-state index contributed by atoms with van der Waals surface area (Å²) in [5.41, 5.74) is 4.83. The summed E-state index contributed by atoms with van der Waals surface area (Å²) in [4.78, 5) is 30.7. The van der Waals surface area contributed by atoms with E-state index >= 15 is 0 Å². The number of fused-ring (bicyclic) bond motifs is 3. The van der Waals surface area contributed by atoms with E-state index in [9.17, 15) is 14.7 Å². The summed E-state index contributed by atoms with van der Waals surface area (Å²) in [6.07, 6.45) is 3.75. The molecule has 1 aliphatic heterocycles. The molecule has 172 valence electrons.